The highest BCUT2D eigenvalue weighted by atomic mass is 32.1. The Kier molecular flexibility index (Phi) is 14.6. The van der Waals surface area contributed by atoms with Gasteiger partial charge in [-0.25, -0.2) is 4.98 Å². The van der Waals surface area contributed by atoms with Crippen LogP contribution >= 0.6 is 11.3 Å². The summed E-state index contributed by atoms with van der Waals surface area (Å²) >= 11 is 1.68. The second kappa shape index (κ2) is 19.8. The lowest BCUT2D eigenvalue weighted by atomic mass is 9.67. The lowest BCUT2D eigenvalue weighted by Crippen LogP contribution is -2.59. The first kappa shape index (κ1) is 45.8. The Balaban J connectivity index is 1.13. The molecule has 62 heavy (non-hydrogen) atoms. The molecule has 3 saturated heterocycles. The van der Waals surface area contributed by atoms with Crippen molar-refractivity contribution in [2.45, 2.75) is 165 Å². The molecule has 3 aliphatic heterocycles. The minimum atomic E-state index is -0.661. The number of nitrogens with zero attached hydrogens (tertiary/aromatic N) is 2. The fourth-order valence-corrected chi connectivity index (χ4v) is 13.0. The normalized spacial score (nSPS) is 40.0. The third-order valence-electron chi connectivity index (χ3n) is 14.9. The number of likely N-dealkylation sites (N-methyl/N-ethyl adjacent to an activating group) is 1. The van der Waals surface area contributed by atoms with Gasteiger partial charge in [0.25, 0.3) is 0 Å². The van der Waals surface area contributed by atoms with Gasteiger partial charge >= 0.3 is 5.97 Å². The number of nitrogens with one attached hydrogen (secondary N) is 1. The van der Waals surface area contributed by atoms with Crippen molar-refractivity contribution in [3.8, 4) is 0 Å². The van der Waals surface area contributed by atoms with E-state index < -0.39 is 24.2 Å². The van der Waals surface area contributed by atoms with Crippen molar-refractivity contribution in [1.82, 2.24) is 9.88 Å². The lowest BCUT2D eigenvalue weighted by Gasteiger charge is -2.44. The predicted molar refractivity (Wildman–Crippen MR) is 235 cm³/mol. The molecule has 4 fully saturated rings. The number of aromatic nitrogens is 1. The maximum atomic E-state index is 15.2. The Morgan fingerprint density at radius 2 is 1.63 bits per heavy atom. The number of hydrogen-bond acceptors (Lipinski definition) is 14. The number of ketones is 1. The van der Waals surface area contributed by atoms with Gasteiger partial charge in [0.15, 0.2) is 23.5 Å². The highest BCUT2D eigenvalue weighted by Crippen LogP contribution is 2.63. The van der Waals surface area contributed by atoms with Crippen molar-refractivity contribution in [3.05, 3.63) is 52.6 Å². The summed E-state index contributed by atoms with van der Waals surface area (Å²) in [6, 6.07) is 10.4. The van der Waals surface area contributed by atoms with Crippen LogP contribution in [-0.2, 0) is 47.5 Å². The van der Waals surface area contributed by atoms with E-state index in [0.717, 1.165) is 55.0 Å². The number of hydrogen-bond donors (Lipinski definition) is 1. The molecule has 2 unspecified atom stereocenters. The van der Waals surface area contributed by atoms with E-state index in [-0.39, 0.29) is 90.9 Å². The zero-order valence-electron chi connectivity index (χ0n) is 38.0. The van der Waals surface area contributed by atoms with E-state index >= 15 is 4.79 Å². The molecule has 0 amide bonds. The summed E-state index contributed by atoms with van der Waals surface area (Å²) in [6.07, 6.45) is 5.24. The van der Waals surface area contributed by atoms with Gasteiger partial charge in [0.05, 0.1) is 36.5 Å². The van der Waals surface area contributed by atoms with E-state index in [1.165, 1.54) is 4.88 Å². The molecule has 0 bridgehead atoms. The van der Waals surface area contributed by atoms with Crippen LogP contribution in [0.25, 0.3) is 0 Å². The van der Waals surface area contributed by atoms with Gasteiger partial charge in [-0.05, 0) is 109 Å². The highest BCUT2D eigenvalue weighted by molar-refractivity contribution is 7.15. The van der Waals surface area contributed by atoms with Crippen LogP contribution in [0.15, 0.2) is 42.0 Å². The molecule has 8 rings (SSSR count). The van der Waals surface area contributed by atoms with E-state index in [1.54, 1.807) is 32.7 Å². The molecule has 1 N–H and O–H groups in total. The van der Waals surface area contributed by atoms with Crippen LogP contribution in [0.2, 0.25) is 0 Å². The fraction of sp³-hybridized carbons (Fsp3) is 0.729. The zero-order valence-corrected chi connectivity index (χ0v) is 38.8. The first-order valence-corrected chi connectivity index (χ1v) is 23.9. The monoisotopic (exact) mass is 879 g/mol. The average Bonchev–Trinajstić information content (AvgIpc) is 3.97. The standard InChI is InChI=1S/C48H69N3O10S/c1-10-29-17-14-18-37(61-39-20-19-36(51(5)6)26(3)57-39)25(2)42(53)34-23-32-31-21-30(60-47-45(56-9)44(55-8)43(54-7)27(4)58-47)22-35(31)46-41(40(32)33(34)24-38(52)59-29)50-48(62-46)49-28-15-12-11-13-16-28/h11-13,15-16,23,25-27,29-33,35-37,39-40,43-45,47H,10,14,17-22,24H2,1-9H3,(H,49,50)/t25-,26-,27+,29+,30+,31+,32+,33-,35?,36+,37+,39+,40?,43+,44-,45-,47+/m1/s1. The number of anilines is 2. The predicted octanol–water partition coefficient (Wildman–Crippen LogP) is 7.77. The molecule has 342 valence electrons. The van der Waals surface area contributed by atoms with Gasteiger partial charge in [0.1, 0.15) is 24.4 Å². The van der Waals surface area contributed by atoms with E-state index in [4.69, 9.17) is 42.9 Å². The Hall–Kier alpha value is -2.79. The number of benzene rings is 1. The third-order valence-corrected chi connectivity index (χ3v) is 16.0. The van der Waals surface area contributed by atoms with E-state index in [2.05, 4.69) is 44.2 Å². The SMILES string of the molecule is CC[C@H]1CCC[C@H](O[C@H]2CC[C@H](N(C)C)[C@@H](C)O2)[C@@H](C)C(=O)C2=C[C@@H]3C(c4nc(Nc5ccccc5)sc4C4C[C@@H](O[C@@H]5O[C@@H](C)[C@H](OC)[C@@H](OC)[C@H]5OC)C[C@H]43)[C@@H]2CC(=O)O1. The van der Waals surface area contributed by atoms with Crippen molar-refractivity contribution < 1.29 is 47.5 Å². The van der Waals surface area contributed by atoms with E-state index in [1.807, 2.05) is 44.2 Å². The van der Waals surface area contributed by atoms with Gasteiger partial charge in [-0.1, -0.05) is 38.1 Å². The Morgan fingerprint density at radius 1 is 0.871 bits per heavy atom. The Labute approximate surface area is 371 Å². The summed E-state index contributed by atoms with van der Waals surface area (Å²) < 4.78 is 50.6. The van der Waals surface area contributed by atoms with Crippen molar-refractivity contribution in [2.75, 3.05) is 40.7 Å². The highest BCUT2D eigenvalue weighted by Gasteiger charge is 2.57. The molecular formula is C48H69N3O10S. The molecule has 14 heteroatoms. The number of fused-ring (bicyclic) bond motifs is 8. The van der Waals surface area contributed by atoms with Gasteiger partial charge in [0.2, 0.25) is 0 Å². The van der Waals surface area contributed by atoms with Gasteiger partial charge < -0.3 is 48.1 Å². The van der Waals surface area contributed by atoms with Crippen LogP contribution in [0.4, 0.5) is 10.8 Å². The quantitative estimate of drug-likeness (QED) is 0.221. The molecule has 6 aliphatic rings. The largest absolute Gasteiger partial charge is 0.462 e. The van der Waals surface area contributed by atoms with E-state index in [9.17, 15) is 4.79 Å². The summed E-state index contributed by atoms with van der Waals surface area (Å²) in [7, 11) is 9.16. The lowest BCUT2D eigenvalue weighted by molar-refractivity contribution is -0.314. The molecule has 0 radical (unpaired) electrons. The second-order valence-corrected chi connectivity index (χ2v) is 19.8. The van der Waals surface area contributed by atoms with Crippen LogP contribution in [0.3, 0.4) is 0 Å². The third kappa shape index (κ3) is 9.19. The van der Waals surface area contributed by atoms with Crippen LogP contribution < -0.4 is 5.32 Å². The molecular weight excluding hydrogens is 811 g/mol. The molecule has 1 aromatic heterocycles. The molecule has 2 aromatic rings. The van der Waals surface area contributed by atoms with Crippen LogP contribution in [-0.4, -0.2) is 125 Å². The molecule has 4 heterocycles. The van der Waals surface area contributed by atoms with Crippen LogP contribution in [0.1, 0.15) is 108 Å². The number of thiazole rings is 1. The average molecular weight is 880 g/mol. The van der Waals surface area contributed by atoms with Crippen molar-refractivity contribution in [3.63, 3.8) is 0 Å². The first-order chi connectivity index (χ1) is 29.9. The number of methoxy groups -OCH3 is 3. The van der Waals surface area contributed by atoms with Crippen molar-refractivity contribution in [2.24, 2.45) is 23.7 Å². The zero-order chi connectivity index (χ0) is 43.8. The summed E-state index contributed by atoms with van der Waals surface area (Å²) in [5, 5.41) is 4.36. The summed E-state index contributed by atoms with van der Waals surface area (Å²) in [5.41, 5.74) is 2.62. The number of allylic oxidation sites excluding steroid dienone is 2. The molecule has 17 atom stereocenters. The number of carbonyl (C=O) groups is 2. The minimum Gasteiger partial charge on any atom is -0.462 e. The maximum absolute atomic E-state index is 15.2. The maximum Gasteiger partial charge on any atom is 0.306 e. The number of cyclic esters (lactones) is 1. The molecule has 1 saturated carbocycles. The van der Waals surface area contributed by atoms with Crippen molar-refractivity contribution in [1.29, 1.82) is 0 Å². The van der Waals surface area contributed by atoms with Crippen LogP contribution in [0.5, 0.6) is 0 Å². The van der Waals surface area contributed by atoms with Gasteiger partial charge in [0, 0.05) is 61.6 Å². The van der Waals surface area contributed by atoms with Crippen molar-refractivity contribution >= 4 is 33.9 Å². The molecule has 3 aliphatic carbocycles. The fourth-order valence-electron chi connectivity index (χ4n) is 11.8. The topological polar surface area (TPSA) is 136 Å². The Bertz CT molecular complexity index is 1880. The van der Waals surface area contributed by atoms with E-state index in [0.29, 0.717) is 24.5 Å². The molecule has 13 nitrogen and oxygen atoms in total. The number of para-hydroxylation sites is 1. The van der Waals surface area contributed by atoms with Gasteiger partial charge in [-0.15, -0.1) is 11.3 Å². The first-order valence-electron chi connectivity index (χ1n) is 23.1. The smallest absolute Gasteiger partial charge is 0.306 e. The molecule has 0 spiro atoms. The van der Waals surface area contributed by atoms with Gasteiger partial charge in [-0.3, -0.25) is 9.59 Å². The number of rotatable bonds is 11. The minimum absolute atomic E-state index is 0.00724. The van der Waals surface area contributed by atoms with Crippen LogP contribution in [0, 0.1) is 23.7 Å². The number of ether oxygens (including phenoxy) is 8. The molecule has 1 aromatic carbocycles. The number of Topliss-reactive ketones (excluding diaryl/α,β-unsaturated/α-hetero) is 1. The summed E-state index contributed by atoms with van der Waals surface area (Å²) in [5.74, 6) is -1.01. The Morgan fingerprint density at radius 3 is 2.32 bits per heavy atom. The number of carbonyl (C=O) groups excluding carboxylic acids is 2. The summed E-state index contributed by atoms with van der Waals surface area (Å²) in [4.78, 5) is 38.0. The summed E-state index contributed by atoms with van der Waals surface area (Å²) in [6.45, 7) is 8.17. The second-order valence-electron chi connectivity index (χ2n) is 18.8. The number of esters is 1. The van der Waals surface area contributed by atoms with Gasteiger partial charge in [-0.2, -0.15) is 0 Å².